The molecule has 0 unspecified atom stereocenters. The average Bonchev–Trinajstić information content (AvgIpc) is 2.67. The number of nitrogens with two attached hydrogens (primary N) is 1. The highest BCUT2D eigenvalue weighted by Gasteiger charge is 2.04. The molecule has 3 rings (SSSR count). The summed E-state index contributed by atoms with van der Waals surface area (Å²) in [7, 11) is 1.54. The van der Waals surface area contributed by atoms with Gasteiger partial charge in [-0.2, -0.15) is 9.98 Å². The monoisotopic (exact) mass is 363 g/mol. The zero-order valence-electron chi connectivity index (χ0n) is 15.2. The Labute approximate surface area is 157 Å². The Morgan fingerprint density at radius 3 is 2.67 bits per heavy atom. The van der Waals surface area contributed by atoms with Crippen molar-refractivity contribution in [3.8, 4) is 11.6 Å². The molecule has 1 heterocycles. The summed E-state index contributed by atoms with van der Waals surface area (Å²) in [5, 5.41) is 3.01. The Morgan fingerprint density at radius 1 is 1.07 bits per heavy atom. The fraction of sp³-hybridized carbons (Fsp3) is 0.150. The predicted octanol–water partition coefficient (Wildman–Crippen LogP) is 3.43. The van der Waals surface area contributed by atoms with Crippen LogP contribution in [0.3, 0.4) is 0 Å². The number of ether oxygens (including phenoxy) is 2. The van der Waals surface area contributed by atoms with Crippen molar-refractivity contribution in [1.82, 2.24) is 9.97 Å². The number of anilines is 1. The van der Waals surface area contributed by atoms with Crippen molar-refractivity contribution in [3.63, 3.8) is 0 Å². The van der Waals surface area contributed by atoms with Crippen molar-refractivity contribution in [3.05, 3.63) is 71.9 Å². The number of guanidine groups is 1. The molecule has 0 aliphatic carbocycles. The number of aliphatic imine (C=N–C) groups is 1. The summed E-state index contributed by atoms with van der Waals surface area (Å²) in [6.07, 6.45) is 0. The SMILES string of the molecule is COc1cc(C)nc(/N=C(\N)Nc2cccc(OCc3ccccc3)c2)n1. The van der Waals surface area contributed by atoms with Gasteiger partial charge in [-0.1, -0.05) is 36.4 Å². The zero-order valence-corrected chi connectivity index (χ0v) is 15.2. The normalized spacial score (nSPS) is 11.1. The second kappa shape index (κ2) is 8.66. The first-order valence-corrected chi connectivity index (χ1v) is 8.40. The summed E-state index contributed by atoms with van der Waals surface area (Å²) in [5.74, 6) is 1.56. The van der Waals surface area contributed by atoms with Crippen LogP contribution in [0.4, 0.5) is 11.6 Å². The molecule has 0 aliphatic heterocycles. The average molecular weight is 363 g/mol. The highest BCUT2D eigenvalue weighted by Crippen LogP contribution is 2.19. The maximum atomic E-state index is 5.97. The molecule has 0 saturated heterocycles. The third-order valence-electron chi connectivity index (χ3n) is 3.60. The molecule has 0 radical (unpaired) electrons. The van der Waals surface area contributed by atoms with E-state index in [2.05, 4.69) is 20.3 Å². The van der Waals surface area contributed by atoms with E-state index in [-0.39, 0.29) is 11.9 Å². The molecule has 27 heavy (non-hydrogen) atoms. The third-order valence-corrected chi connectivity index (χ3v) is 3.60. The largest absolute Gasteiger partial charge is 0.489 e. The van der Waals surface area contributed by atoms with E-state index in [1.807, 2.05) is 61.5 Å². The first-order chi connectivity index (χ1) is 13.1. The van der Waals surface area contributed by atoms with Gasteiger partial charge < -0.3 is 20.5 Å². The third kappa shape index (κ3) is 5.43. The lowest BCUT2D eigenvalue weighted by Gasteiger charge is -2.09. The van der Waals surface area contributed by atoms with E-state index in [0.29, 0.717) is 12.5 Å². The molecule has 7 heteroatoms. The second-order valence-corrected chi connectivity index (χ2v) is 5.78. The van der Waals surface area contributed by atoms with E-state index < -0.39 is 0 Å². The lowest BCUT2D eigenvalue weighted by Crippen LogP contribution is -2.22. The smallest absolute Gasteiger partial charge is 0.256 e. The lowest BCUT2D eigenvalue weighted by atomic mass is 10.2. The topological polar surface area (TPSA) is 94.7 Å². The van der Waals surface area contributed by atoms with Gasteiger partial charge in [0.15, 0.2) is 0 Å². The van der Waals surface area contributed by atoms with Gasteiger partial charge in [0.1, 0.15) is 12.4 Å². The van der Waals surface area contributed by atoms with Crippen LogP contribution in [0.2, 0.25) is 0 Å². The van der Waals surface area contributed by atoms with Gasteiger partial charge in [-0.05, 0) is 24.6 Å². The minimum absolute atomic E-state index is 0.169. The fourth-order valence-electron chi connectivity index (χ4n) is 2.37. The molecular weight excluding hydrogens is 342 g/mol. The number of hydrogen-bond acceptors (Lipinski definition) is 5. The van der Waals surface area contributed by atoms with Gasteiger partial charge in [0, 0.05) is 23.5 Å². The van der Waals surface area contributed by atoms with E-state index in [1.165, 1.54) is 7.11 Å². The van der Waals surface area contributed by atoms with Crippen molar-refractivity contribution in [1.29, 1.82) is 0 Å². The minimum atomic E-state index is 0.169. The van der Waals surface area contributed by atoms with E-state index in [9.17, 15) is 0 Å². The van der Waals surface area contributed by atoms with Gasteiger partial charge in [0.25, 0.3) is 5.95 Å². The molecule has 0 atom stereocenters. The Hall–Kier alpha value is -3.61. The summed E-state index contributed by atoms with van der Waals surface area (Å²) in [4.78, 5) is 12.6. The summed E-state index contributed by atoms with van der Waals surface area (Å²) in [6.45, 7) is 2.32. The van der Waals surface area contributed by atoms with Crippen LogP contribution in [0, 0.1) is 6.92 Å². The number of rotatable bonds is 6. The molecule has 1 aromatic heterocycles. The van der Waals surface area contributed by atoms with Crippen molar-refractivity contribution < 1.29 is 9.47 Å². The number of hydrogen-bond donors (Lipinski definition) is 2. The molecule has 138 valence electrons. The van der Waals surface area contributed by atoms with Crippen LogP contribution in [0.25, 0.3) is 0 Å². The first-order valence-electron chi connectivity index (χ1n) is 8.40. The number of aromatic nitrogens is 2. The number of methoxy groups -OCH3 is 1. The van der Waals surface area contributed by atoms with E-state index in [1.54, 1.807) is 6.07 Å². The predicted molar refractivity (Wildman–Crippen MR) is 105 cm³/mol. The standard InChI is InChI=1S/C20H21N5O2/c1-14-11-18(26-2)24-20(22-14)25-19(21)23-16-9-6-10-17(12-16)27-13-15-7-4-3-5-8-15/h3-12H,13H2,1-2H3,(H3,21,22,23,24,25). The van der Waals surface area contributed by atoms with E-state index in [0.717, 1.165) is 22.7 Å². The number of benzene rings is 2. The number of aryl methyl sites for hydroxylation is 1. The minimum Gasteiger partial charge on any atom is -0.489 e. The molecule has 3 aromatic rings. The van der Waals surface area contributed by atoms with Crippen molar-refractivity contribution in [2.24, 2.45) is 10.7 Å². The summed E-state index contributed by atoms with van der Waals surface area (Å²) in [6, 6.07) is 19.2. The Bertz CT molecular complexity index is 929. The Balaban J connectivity index is 1.67. The molecule has 7 nitrogen and oxygen atoms in total. The highest BCUT2D eigenvalue weighted by atomic mass is 16.5. The molecule has 0 fully saturated rings. The van der Waals surface area contributed by atoms with Gasteiger partial charge in [-0.15, -0.1) is 0 Å². The molecular formula is C20H21N5O2. The van der Waals surface area contributed by atoms with Crippen molar-refractivity contribution >= 4 is 17.6 Å². The van der Waals surface area contributed by atoms with E-state index >= 15 is 0 Å². The van der Waals surface area contributed by atoms with Gasteiger partial charge in [-0.3, -0.25) is 0 Å². The van der Waals surface area contributed by atoms with Crippen LogP contribution >= 0.6 is 0 Å². The summed E-state index contributed by atoms with van der Waals surface area (Å²) >= 11 is 0. The Morgan fingerprint density at radius 2 is 1.89 bits per heavy atom. The summed E-state index contributed by atoms with van der Waals surface area (Å²) in [5.41, 5.74) is 8.56. The van der Waals surface area contributed by atoms with Gasteiger partial charge in [0.05, 0.1) is 7.11 Å². The maximum Gasteiger partial charge on any atom is 0.256 e. The van der Waals surface area contributed by atoms with Crippen molar-refractivity contribution in [2.75, 3.05) is 12.4 Å². The lowest BCUT2D eigenvalue weighted by molar-refractivity contribution is 0.306. The summed E-state index contributed by atoms with van der Waals surface area (Å²) < 4.78 is 10.9. The van der Waals surface area contributed by atoms with E-state index in [4.69, 9.17) is 15.2 Å². The van der Waals surface area contributed by atoms with Gasteiger partial charge in [0.2, 0.25) is 11.8 Å². The molecule has 3 N–H and O–H groups in total. The highest BCUT2D eigenvalue weighted by molar-refractivity contribution is 5.93. The Kier molecular flexibility index (Phi) is 5.84. The number of nitrogens with zero attached hydrogens (tertiary/aromatic N) is 3. The van der Waals surface area contributed by atoms with Crippen molar-refractivity contribution in [2.45, 2.75) is 13.5 Å². The maximum absolute atomic E-state index is 5.97. The molecule has 0 amide bonds. The van der Waals surface area contributed by atoms with Crippen LogP contribution in [0.15, 0.2) is 65.7 Å². The van der Waals surface area contributed by atoms with Crippen LogP contribution in [0.5, 0.6) is 11.6 Å². The first kappa shape index (κ1) is 18.2. The van der Waals surface area contributed by atoms with Crippen LogP contribution in [0.1, 0.15) is 11.3 Å². The van der Waals surface area contributed by atoms with Crippen LogP contribution < -0.4 is 20.5 Å². The molecule has 0 aliphatic rings. The molecule has 2 aromatic carbocycles. The fourth-order valence-corrected chi connectivity index (χ4v) is 2.37. The zero-order chi connectivity index (χ0) is 19.1. The molecule has 0 saturated carbocycles. The number of nitrogens with one attached hydrogen (secondary N) is 1. The quantitative estimate of drug-likeness (QED) is 0.515. The second-order valence-electron chi connectivity index (χ2n) is 5.78. The van der Waals surface area contributed by atoms with Crippen LogP contribution in [-0.4, -0.2) is 23.0 Å². The van der Waals surface area contributed by atoms with Crippen LogP contribution in [-0.2, 0) is 6.61 Å². The molecule has 0 spiro atoms. The van der Waals surface area contributed by atoms with Gasteiger partial charge in [-0.25, -0.2) is 4.98 Å². The van der Waals surface area contributed by atoms with Gasteiger partial charge >= 0.3 is 0 Å². The molecule has 0 bridgehead atoms.